The third kappa shape index (κ3) is 4.14. The molecule has 0 bridgehead atoms. The van der Waals surface area contributed by atoms with E-state index < -0.39 is 6.10 Å². The van der Waals surface area contributed by atoms with Gasteiger partial charge in [0.2, 0.25) is 5.91 Å². The molecule has 2 N–H and O–H groups in total. The molecule has 1 atom stereocenters. The molecule has 22 heavy (non-hydrogen) atoms. The lowest BCUT2D eigenvalue weighted by Gasteiger charge is -2.12. The van der Waals surface area contributed by atoms with Crippen LogP contribution in [0.4, 0.5) is 4.39 Å². The molecule has 6 heteroatoms. The Kier molecular flexibility index (Phi) is 5.27. The molecule has 0 aliphatic rings. The maximum absolute atomic E-state index is 12.8. The molecule has 1 aromatic carbocycles. The van der Waals surface area contributed by atoms with Gasteiger partial charge in [0.1, 0.15) is 11.6 Å². The van der Waals surface area contributed by atoms with Gasteiger partial charge in [0, 0.05) is 18.5 Å². The zero-order valence-electron chi connectivity index (χ0n) is 12.6. The van der Waals surface area contributed by atoms with Crippen LogP contribution in [0.15, 0.2) is 28.8 Å². The van der Waals surface area contributed by atoms with Gasteiger partial charge in [0.25, 0.3) is 0 Å². The number of nitrogens with zero attached hydrogens (tertiary/aromatic N) is 1. The third-order valence-electron chi connectivity index (χ3n) is 3.53. The predicted molar refractivity (Wildman–Crippen MR) is 78.7 cm³/mol. The van der Waals surface area contributed by atoms with E-state index in [2.05, 4.69) is 10.5 Å². The third-order valence-corrected chi connectivity index (χ3v) is 3.53. The van der Waals surface area contributed by atoms with Crippen molar-refractivity contribution in [2.24, 2.45) is 0 Å². The van der Waals surface area contributed by atoms with E-state index >= 15 is 0 Å². The summed E-state index contributed by atoms with van der Waals surface area (Å²) in [5, 5.41) is 16.4. The summed E-state index contributed by atoms with van der Waals surface area (Å²) in [6.45, 7) is 3.74. The Labute approximate surface area is 128 Å². The first-order valence-electron chi connectivity index (χ1n) is 7.09. The number of benzene rings is 1. The van der Waals surface area contributed by atoms with Crippen LogP contribution in [0.1, 0.15) is 35.1 Å². The van der Waals surface area contributed by atoms with Crippen LogP contribution < -0.4 is 5.32 Å². The monoisotopic (exact) mass is 306 g/mol. The molecule has 1 amide bonds. The second-order valence-electron chi connectivity index (χ2n) is 5.17. The second kappa shape index (κ2) is 7.17. The standard InChI is InChI=1S/C16H19FN2O3/c1-10-14(11(2)22-19-10)7-8-16(21)18-9-15(20)12-3-5-13(17)6-4-12/h3-6,15,20H,7-9H2,1-2H3,(H,18,21). The van der Waals surface area contributed by atoms with Crippen LogP contribution in [0.3, 0.4) is 0 Å². The molecule has 0 saturated heterocycles. The highest BCUT2D eigenvalue weighted by atomic mass is 19.1. The maximum Gasteiger partial charge on any atom is 0.220 e. The number of halogens is 1. The Morgan fingerprint density at radius 2 is 2.05 bits per heavy atom. The molecular weight excluding hydrogens is 287 g/mol. The molecule has 0 spiro atoms. The van der Waals surface area contributed by atoms with Crippen LogP contribution in [0.5, 0.6) is 0 Å². The topological polar surface area (TPSA) is 75.4 Å². The molecule has 2 rings (SSSR count). The number of carbonyl (C=O) groups excluding carboxylic acids is 1. The lowest BCUT2D eigenvalue weighted by molar-refractivity contribution is -0.121. The number of aliphatic hydroxyl groups excluding tert-OH is 1. The molecular formula is C16H19FN2O3. The number of amides is 1. The van der Waals surface area contributed by atoms with E-state index in [1.165, 1.54) is 24.3 Å². The van der Waals surface area contributed by atoms with Crippen LogP contribution in [-0.2, 0) is 11.2 Å². The minimum atomic E-state index is -0.858. The number of nitrogens with one attached hydrogen (secondary N) is 1. The summed E-state index contributed by atoms with van der Waals surface area (Å²) in [4.78, 5) is 11.8. The van der Waals surface area contributed by atoms with Gasteiger partial charge in [0.15, 0.2) is 0 Å². The number of hydrogen-bond donors (Lipinski definition) is 2. The SMILES string of the molecule is Cc1noc(C)c1CCC(=O)NCC(O)c1ccc(F)cc1. The Morgan fingerprint density at radius 3 is 2.64 bits per heavy atom. The fourth-order valence-electron chi connectivity index (χ4n) is 2.20. The molecule has 118 valence electrons. The maximum atomic E-state index is 12.8. The van der Waals surface area contributed by atoms with Crippen molar-refractivity contribution in [1.82, 2.24) is 10.5 Å². The molecule has 1 aromatic heterocycles. The summed E-state index contributed by atoms with van der Waals surface area (Å²) < 4.78 is 17.8. The fourth-order valence-corrected chi connectivity index (χ4v) is 2.20. The predicted octanol–water partition coefficient (Wildman–Crippen LogP) is 2.21. The quantitative estimate of drug-likeness (QED) is 0.858. The van der Waals surface area contributed by atoms with Crippen LogP contribution in [0, 0.1) is 19.7 Å². The molecule has 0 aliphatic carbocycles. The van der Waals surface area contributed by atoms with E-state index in [4.69, 9.17) is 4.52 Å². The largest absolute Gasteiger partial charge is 0.387 e. The Hall–Kier alpha value is -2.21. The first-order chi connectivity index (χ1) is 10.5. The lowest BCUT2D eigenvalue weighted by atomic mass is 10.1. The van der Waals surface area contributed by atoms with Crippen molar-refractivity contribution in [3.63, 3.8) is 0 Å². The van der Waals surface area contributed by atoms with Crippen molar-refractivity contribution in [2.75, 3.05) is 6.54 Å². The summed E-state index contributed by atoms with van der Waals surface area (Å²) in [5.41, 5.74) is 2.29. The van der Waals surface area contributed by atoms with Crippen LogP contribution in [-0.4, -0.2) is 22.7 Å². The summed E-state index contributed by atoms with van der Waals surface area (Å²) >= 11 is 0. The van der Waals surface area contributed by atoms with Crippen molar-refractivity contribution < 1.29 is 18.8 Å². The summed E-state index contributed by atoms with van der Waals surface area (Å²) in [7, 11) is 0. The van der Waals surface area contributed by atoms with Crippen molar-refractivity contribution in [3.8, 4) is 0 Å². The minimum absolute atomic E-state index is 0.0894. The van der Waals surface area contributed by atoms with Gasteiger partial charge in [-0.2, -0.15) is 0 Å². The van der Waals surface area contributed by atoms with Crippen molar-refractivity contribution >= 4 is 5.91 Å². The first kappa shape index (κ1) is 16.2. The summed E-state index contributed by atoms with van der Waals surface area (Å²) in [5.74, 6) is 0.192. The molecule has 0 aliphatic heterocycles. The molecule has 2 aromatic rings. The number of rotatable bonds is 6. The van der Waals surface area contributed by atoms with Crippen LogP contribution in [0.2, 0.25) is 0 Å². The Bertz CT molecular complexity index is 618. The molecule has 0 radical (unpaired) electrons. The zero-order chi connectivity index (χ0) is 16.1. The zero-order valence-corrected chi connectivity index (χ0v) is 12.6. The van der Waals surface area contributed by atoms with E-state index in [0.29, 0.717) is 18.4 Å². The molecule has 0 fully saturated rings. The lowest BCUT2D eigenvalue weighted by Crippen LogP contribution is -2.28. The van der Waals surface area contributed by atoms with Gasteiger partial charge in [-0.25, -0.2) is 4.39 Å². The van der Waals surface area contributed by atoms with Gasteiger partial charge >= 0.3 is 0 Å². The van der Waals surface area contributed by atoms with Crippen molar-refractivity contribution in [2.45, 2.75) is 32.8 Å². The second-order valence-corrected chi connectivity index (χ2v) is 5.17. The average molecular weight is 306 g/mol. The number of carbonyl (C=O) groups is 1. The molecule has 1 heterocycles. The van der Waals surface area contributed by atoms with E-state index in [1.54, 1.807) is 0 Å². The highest BCUT2D eigenvalue weighted by Crippen LogP contribution is 2.15. The van der Waals surface area contributed by atoms with Gasteiger partial charge in [-0.1, -0.05) is 17.3 Å². The summed E-state index contributed by atoms with van der Waals surface area (Å²) in [6, 6.07) is 5.54. The highest BCUT2D eigenvalue weighted by molar-refractivity contribution is 5.76. The van der Waals surface area contributed by atoms with Crippen LogP contribution >= 0.6 is 0 Å². The number of hydrogen-bond acceptors (Lipinski definition) is 4. The van der Waals surface area contributed by atoms with E-state index in [9.17, 15) is 14.3 Å². The van der Waals surface area contributed by atoms with Gasteiger partial charge in [0.05, 0.1) is 11.8 Å². The van der Waals surface area contributed by atoms with Crippen molar-refractivity contribution in [1.29, 1.82) is 0 Å². The fraction of sp³-hybridized carbons (Fsp3) is 0.375. The van der Waals surface area contributed by atoms with Crippen LogP contribution in [0.25, 0.3) is 0 Å². The smallest absolute Gasteiger partial charge is 0.220 e. The van der Waals surface area contributed by atoms with Gasteiger partial charge < -0.3 is 14.9 Å². The van der Waals surface area contributed by atoms with E-state index in [0.717, 1.165) is 17.0 Å². The summed E-state index contributed by atoms with van der Waals surface area (Å²) in [6.07, 6.45) is -0.0257. The Morgan fingerprint density at radius 1 is 1.36 bits per heavy atom. The van der Waals surface area contributed by atoms with E-state index in [-0.39, 0.29) is 18.3 Å². The number of aliphatic hydroxyl groups is 1. The molecule has 0 saturated carbocycles. The molecule has 5 nitrogen and oxygen atoms in total. The van der Waals surface area contributed by atoms with Gasteiger partial charge in [-0.15, -0.1) is 0 Å². The van der Waals surface area contributed by atoms with Gasteiger partial charge in [-0.05, 0) is 38.0 Å². The highest BCUT2D eigenvalue weighted by Gasteiger charge is 2.13. The van der Waals surface area contributed by atoms with Crippen molar-refractivity contribution in [3.05, 3.63) is 52.7 Å². The molecule has 1 unspecified atom stereocenters. The number of aromatic nitrogens is 1. The average Bonchev–Trinajstić information content (AvgIpc) is 2.82. The first-order valence-corrected chi connectivity index (χ1v) is 7.09. The van der Waals surface area contributed by atoms with Gasteiger partial charge in [-0.3, -0.25) is 4.79 Å². The Balaban J connectivity index is 1.79. The minimum Gasteiger partial charge on any atom is -0.387 e. The number of aryl methyl sites for hydroxylation is 2. The van der Waals surface area contributed by atoms with E-state index in [1.807, 2.05) is 13.8 Å². The normalized spacial score (nSPS) is 12.2.